The van der Waals surface area contributed by atoms with Gasteiger partial charge in [-0.2, -0.15) is 4.73 Å². The molecule has 2 aromatic rings. The van der Waals surface area contributed by atoms with Crippen molar-refractivity contribution < 1.29 is 5.21 Å². The number of halogens is 1. The van der Waals surface area contributed by atoms with Crippen LogP contribution >= 0.6 is 15.9 Å². The zero-order valence-corrected chi connectivity index (χ0v) is 7.12. The van der Waals surface area contributed by atoms with Crippen LogP contribution in [0.5, 0.6) is 0 Å². The average molecular weight is 213 g/mol. The van der Waals surface area contributed by atoms with E-state index >= 15 is 0 Å². The second kappa shape index (κ2) is 2.23. The summed E-state index contributed by atoms with van der Waals surface area (Å²) < 4.78 is 1.91. The van der Waals surface area contributed by atoms with Crippen molar-refractivity contribution in [3.8, 4) is 0 Å². The van der Waals surface area contributed by atoms with Crippen LogP contribution in [0.3, 0.4) is 0 Å². The molecule has 3 nitrogen and oxygen atoms in total. The monoisotopic (exact) mass is 212 g/mol. The van der Waals surface area contributed by atoms with Crippen molar-refractivity contribution in [1.82, 2.24) is 9.71 Å². The summed E-state index contributed by atoms with van der Waals surface area (Å²) in [4.78, 5) is 4.01. The van der Waals surface area contributed by atoms with Gasteiger partial charge in [0.15, 0.2) is 5.65 Å². The molecule has 0 spiro atoms. The highest BCUT2D eigenvalue weighted by Crippen LogP contribution is 2.16. The van der Waals surface area contributed by atoms with Gasteiger partial charge in [0.1, 0.15) is 0 Å². The minimum atomic E-state index is 0.577. The van der Waals surface area contributed by atoms with Gasteiger partial charge >= 0.3 is 0 Å². The van der Waals surface area contributed by atoms with E-state index in [1.54, 1.807) is 18.5 Å². The van der Waals surface area contributed by atoms with Crippen molar-refractivity contribution in [3.05, 3.63) is 29.0 Å². The molecule has 0 aromatic carbocycles. The lowest BCUT2D eigenvalue weighted by Crippen LogP contribution is -1.88. The van der Waals surface area contributed by atoms with Crippen LogP contribution in [0.2, 0.25) is 0 Å². The van der Waals surface area contributed by atoms with Crippen molar-refractivity contribution in [1.29, 1.82) is 0 Å². The van der Waals surface area contributed by atoms with Gasteiger partial charge in [0.25, 0.3) is 0 Å². The Kier molecular flexibility index (Phi) is 1.35. The maximum Gasteiger partial charge on any atom is 0.175 e. The van der Waals surface area contributed by atoms with E-state index in [9.17, 15) is 0 Å². The Hall–Kier alpha value is -1.03. The van der Waals surface area contributed by atoms with E-state index in [2.05, 4.69) is 20.9 Å². The van der Waals surface area contributed by atoms with Gasteiger partial charge in [-0.25, -0.2) is 4.98 Å². The first-order valence-corrected chi connectivity index (χ1v) is 3.88. The maximum absolute atomic E-state index is 9.14. The SMILES string of the molecule is On1ccc2cc(Br)cnc21. The lowest BCUT2D eigenvalue weighted by atomic mass is 10.3. The standard InChI is InChI=1S/C7H5BrN2O/c8-6-3-5-1-2-10(11)7(5)9-4-6/h1-4,11H. The van der Waals surface area contributed by atoms with Crippen LogP contribution in [0.1, 0.15) is 0 Å². The van der Waals surface area contributed by atoms with Crippen LogP contribution in [-0.2, 0) is 0 Å². The van der Waals surface area contributed by atoms with Gasteiger partial charge in [0, 0.05) is 22.3 Å². The van der Waals surface area contributed by atoms with Crippen LogP contribution in [-0.4, -0.2) is 14.9 Å². The predicted molar refractivity (Wildman–Crippen MR) is 44.6 cm³/mol. The highest BCUT2D eigenvalue weighted by Gasteiger charge is 1.99. The zero-order chi connectivity index (χ0) is 7.84. The first kappa shape index (κ1) is 6.67. The molecule has 0 aliphatic heterocycles. The second-order valence-electron chi connectivity index (χ2n) is 2.23. The maximum atomic E-state index is 9.14. The van der Waals surface area contributed by atoms with Crippen molar-refractivity contribution in [2.75, 3.05) is 0 Å². The molecule has 4 heteroatoms. The van der Waals surface area contributed by atoms with Crippen LogP contribution in [0.15, 0.2) is 29.0 Å². The van der Waals surface area contributed by atoms with Gasteiger partial charge in [-0.15, -0.1) is 0 Å². The summed E-state index contributed by atoms with van der Waals surface area (Å²) >= 11 is 3.29. The molecular formula is C7H5BrN2O. The van der Waals surface area contributed by atoms with Crippen LogP contribution < -0.4 is 0 Å². The van der Waals surface area contributed by atoms with Gasteiger partial charge in [0.2, 0.25) is 0 Å². The van der Waals surface area contributed by atoms with E-state index in [1.165, 1.54) is 0 Å². The van der Waals surface area contributed by atoms with Gasteiger partial charge in [-0.1, -0.05) is 0 Å². The summed E-state index contributed by atoms with van der Waals surface area (Å²) in [5, 5.41) is 10.1. The summed E-state index contributed by atoms with van der Waals surface area (Å²) in [6.45, 7) is 0. The molecule has 11 heavy (non-hydrogen) atoms. The molecule has 56 valence electrons. The van der Waals surface area contributed by atoms with E-state index in [0.29, 0.717) is 5.65 Å². The fourth-order valence-corrected chi connectivity index (χ4v) is 1.33. The molecule has 0 aliphatic rings. The van der Waals surface area contributed by atoms with Gasteiger partial charge in [-0.3, -0.25) is 0 Å². The van der Waals surface area contributed by atoms with Gasteiger partial charge < -0.3 is 5.21 Å². The highest BCUT2D eigenvalue weighted by atomic mass is 79.9. The predicted octanol–water partition coefficient (Wildman–Crippen LogP) is 2.04. The van der Waals surface area contributed by atoms with E-state index in [4.69, 9.17) is 5.21 Å². The Labute approximate surface area is 71.4 Å². The molecule has 0 radical (unpaired) electrons. The Bertz CT molecular complexity index is 396. The zero-order valence-electron chi connectivity index (χ0n) is 5.53. The van der Waals surface area contributed by atoms with Crippen molar-refractivity contribution in [2.24, 2.45) is 0 Å². The molecule has 0 saturated heterocycles. The van der Waals surface area contributed by atoms with E-state index in [-0.39, 0.29) is 0 Å². The summed E-state index contributed by atoms with van der Waals surface area (Å²) in [7, 11) is 0. The number of fused-ring (bicyclic) bond motifs is 1. The second-order valence-corrected chi connectivity index (χ2v) is 3.14. The fraction of sp³-hybridized carbons (Fsp3) is 0. The number of hydrogen-bond donors (Lipinski definition) is 1. The molecule has 2 aromatic heterocycles. The molecule has 0 fully saturated rings. The lowest BCUT2D eigenvalue weighted by Gasteiger charge is -1.92. The Morgan fingerprint density at radius 2 is 2.36 bits per heavy atom. The fourth-order valence-electron chi connectivity index (χ4n) is 0.983. The van der Waals surface area contributed by atoms with Crippen molar-refractivity contribution in [3.63, 3.8) is 0 Å². The summed E-state index contributed by atoms with van der Waals surface area (Å²) in [6, 6.07) is 3.70. The quantitative estimate of drug-likeness (QED) is 0.680. The first-order valence-electron chi connectivity index (χ1n) is 3.09. The topological polar surface area (TPSA) is 38.0 Å². The normalized spacial score (nSPS) is 10.6. The van der Waals surface area contributed by atoms with E-state index in [1.807, 2.05) is 6.07 Å². The Balaban J connectivity index is 2.86. The minimum Gasteiger partial charge on any atom is -0.427 e. The molecule has 0 bridgehead atoms. The smallest absolute Gasteiger partial charge is 0.175 e. The number of hydrogen-bond acceptors (Lipinski definition) is 2. The number of rotatable bonds is 0. The molecule has 0 atom stereocenters. The molecule has 2 heterocycles. The molecular weight excluding hydrogens is 208 g/mol. The van der Waals surface area contributed by atoms with Crippen LogP contribution in [0.25, 0.3) is 11.0 Å². The summed E-state index contributed by atoms with van der Waals surface area (Å²) in [5.74, 6) is 0. The summed E-state index contributed by atoms with van der Waals surface area (Å²) in [6.07, 6.45) is 3.21. The lowest BCUT2D eigenvalue weighted by molar-refractivity contribution is 0.198. The van der Waals surface area contributed by atoms with Gasteiger partial charge in [0.05, 0.1) is 0 Å². The number of aromatic nitrogens is 2. The Morgan fingerprint density at radius 3 is 3.18 bits per heavy atom. The first-order chi connectivity index (χ1) is 5.27. The third kappa shape index (κ3) is 0.991. The molecule has 2 rings (SSSR count). The molecule has 0 amide bonds. The van der Waals surface area contributed by atoms with E-state index in [0.717, 1.165) is 14.6 Å². The van der Waals surface area contributed by atoms with Crippen LogP contribution in [0.4, 0.5) is 0 Å². The molecule has 0 aliphatic carbocycles. The van der Waals surface area contributed by atoms with E-state index < -0.39 is 0 Å². The van der Waals surface area contributed by atoms with Crippen molar-refractivity contribution >= 4 is 27.0 Å². The van der Waals surface area contributed by atoms with Gasteiger partial charge in [-0.05, 0) is 28.1 Å². The molecule has 1 N–H and O–H groups in total. The van der Waals surface area contributed by atoms with Crippen LogP contribution in [0, 0.1) is 0 Å². The third-order valence-electron chi connectivity index (χ3n) is 1.47. The minimum absolute atomic E-state index is 0.577. The summed E-state index contributed by atoms with van der Waals surface area (Å²) in [5.41, 5.74) is 0.577. The molecule has 0 unspecified atom stereocenters. The number of nitrogens with zero attached hydrogens (tertiary/aromatic N) is 2. The Morgan fingerprint density at radius 1 is 1.55 bits per heavy atom. The number of pyridine rings is 1. The highest BCUT2D eigenvalue weighted by molar-refractivity contribution is 9.10. The van der Waals surface area contributed by atoms with Crippen molar-refractivity contribution in [2.45, 2.75) is 0 Å². The third-order valence-corrected chi connectivity index (χ3v) is 1.91. The molecule has 0 saturated carbocycles. The average Bonchev–Trinajstić information content (AvgIpc) is 2.32. The largest absolute Gasteiger partial charge is 0.427 e.